The smallest absolute Gasteiger partial charge is 0.336 e. The van der Waals surface area contributed by atoms with Crippen molar-refractivity contribution in [3.8, 4) is 6.07 Å². The highest BCUT2D eigenvalue weighted by Gasteiger charge is 2.07. The molecule has 0 spiro atoms. The highest BCUT2D eigenvalue weighted by molar-refractivity contribution is 6.08. The summed E-state index contributed by atoms with van der Waals surface area (Å²) in [6, 6.07) is 3.96. The van der Waals surface area contributed by atoms with Crippen LogP contribution in [0.1, 0.15) is 43.5 Å². The fourth-order valence-electron chi connectivity index (χ4n) is 1.55. The van der Waals surface area contributed by atoms with E-state index in [1.54, 1.807) is 26.1 Å². The van der Waals surface area contributed by atoms with Gasteiger partial charge in [-0.25, -0.2) is 9.18 Å². The average molecular weight is 359 g/mol. The second-order valence-corrected chi connectivity index (χ2v) is 4.94. The minimum atomic E-state index is -0.942. The Kier molecular flexibility index (Phi) is 15.0. The van der Waals surface area contributed by atoms with Crippen LogP contribution in [0, 0.1) is 18.3 Å². The van der Waals surface area contributed by atoms with Crippen LogP contribution < -0.4 is 0 Å². The van der Waals surface area contributed by atoms with Gasteiger partial charge in [-0.2, -0.15) is 5.26 Å². The van der Waals surface area contributed by atoms with Crippen LogP contribution in [0.4, 0.5) is 4.39 Å². The lowest BCUT2D eigenvalue weighted by atomic mass is 9.98. The van der Waals surface area contributed by atoms with E-state index in [4.69, 9.17) is 10.4 Å². The van der Waals surface area contributed by atoms with E-state index in [2.05, 4.69) is 22.6 Å². The summed E-state index contributed by atoms with van der Waals surface area (Å²) < 4.78 is 10.5. The summed E-state index contributed by atoms with van der Waals surface area (Å²) in [5, 5.41) is 17.2. The molecule has 0 bridgehead atoms. The normalized spacial score (nSPS) is 11.7. The van der Waals surface area contributed by atoms with E-state index in [-0.39, 0.29) is 11.5 Å². The first-order chi connectivity index (χ1) is 12.3. The molecular formula is C20H26FN3O2. The van der Waals surface area contributed by atoms with Gasteiger partial charge in [0.25, 0.3) is 0 Å². The average Bonchev–Trinajstić information content (AvgIpc) is 2.65. The Balaban J connectivity index is 0. The van der Waals surface area contributed by atoms with Crippen molar-refractivity contribution in [2.24, 2.45) is 4.99 Å². The summed E-state index contributed by atoms with van der Waals surface area (Å²) in [6.45, 7) is 10.9. The SMILES string of the molecule is C/C=C(\C=NC)C(=O)O.C/C=C/F.C=CC(C)c1cnc(C)cc1C#N. The van der Waals surface area contributed by atoms with E-state index in [0.717, 1.165) is 11.3 Å². The summed E-state index contributed by atoms with van der Waals surface area (Å²) in [5.41, 5.74) is 2.73. The van der Waals surface area contributed by atoms with Crippen molar-refractivity contribution in [1.29, 1.82) is 5.26 Å². The molecular weight excluding hydrogens is 333 g/mol. The molecule has 0 aliphatic carbocycles. The first-order valence-corrected chi connectivity index (χ1v) is 7.85. The lowest BCUT2D eigenvalue weighted by molar-refractivity contribution is -0.132. The molecule has 1 N–H and O–H groups in total. The zero-order chi connectivity index (χ0) is 20.5. The molecule has 1 unspecified atom stereocenters. The van der Waals surface area contributed by atoms with Crippen LogP contribution in [0.5, 0.6) is 0 Å². The number of aliphatic carboxylic acids is 1. The fraction of sp³-hybridized carbons (Fsp3) is 0.300. The predicted molar refractivity (Wildman–Crippen MR) is 104 cm³/mol. The first kappa shape index (κ1) is 25.2. The second-order valence-electron chi connectivity index (χ2n) is 4.94. The number of hydrogen-bond donors (Lipinski definition) is 1. The topological polar surface area (TPSA) is 86.3 Å². The number of hydrogen-bond acceptors (Lipinski definition) is 4. The van der Waals surface area contributed by atoms with Gasteiger partial charge in [0.05, 0.1) is 23.5 Å². The molecule has 140 valence electrons. The Morgan fingerprint density at radius 2 is 2.08 bits per heavy atom. The van der Waals surface area contributed by atoms with Gasteiger partial charge >= 0.3 is 5.97 Å². The van der Waals surface area contributed by atoms with Gasteiger partial charge in [-0.05, 0) is 32.4 Å². The number of rotatable bonds is 4. The van der Waals surface area contributed by atoms with Crippen LogP contribution in [0.25, 0.3) is 0 Å². The monoisotopic (exact) mass is 359 g/mol. The predicted octanol–water partition coefficient (Wildman–Crippen LogP) is 4.76. The largest absolute Gasteiger partial charge is 0.478 e. The molecule has 0 fully saturated rings. The second kappa shape index (κ2) is 15.5. The Morgan fingerprint density at radius 3 is 2.38 bits per heavy atom. The molecule has 1 heterocycles. The van der Waals surface area contributed by atoms with Crippen LogP contribution in [-0.2, 0) is 4.79 Å². The number of nitrogens with zero attached hydrogens (tertiary/aromatic N) is 3. The lowest BCUT2D eigenvalue weighted by Gasteiger charge is -2.07. The molecule has 26 heavy (non-hydrogen) atoms. The van der Waals surface area contributed by atoms with E-state index in [1.165, 1.54) is 25.4 Å². The number of aliphatic imine (C=N–C) groups is 1. The highest BCUT2D eigenvalue weighted by Crippen LogP contribution is 2.19. The third kappa shape index (κ3) is 10.7. The summed E-state index contributed by atoms with van der Waals surface area (Å²) in [6.07, 6.45) is 8.20. The quantitative estimate of drug-likeness (QED) is 0.477. The standard InChI is InChI=1S/C11H12N2.C6H9NO2.C3H5F/c1-4-8(2)11-7-13-9(3)5-10(11)6-12;1-3-5(4-7-2)6(8)9;1-2-3-4/h4-5,7-8H,1H2,2-3H3;3-4H,1-2H3,(H,8,9);2-3H,1H3/b;5-3+,7-4?;3-2+. The number of pyridine rings is 1. The number of carboxylic acid groups (broad SMARTS) is 1. The molecule has 0 radical (unpaired) electrons. The van der Waals surface area contributed by atoms with E-state index in [1.807, 2.05) is 19.9 Å². The Morgan fingerprint density at radius 1 is 1.50 bits per heavy atom. The molecule has 0 aromatic carbocycles. The Hall–Kier alpha value is -3.07. The molecule has 0 aliphatic rings. The molecule has 6 heteroatoms. The van der Waals surface area contributed by atoms with Gasteiger partial charge in [-0.3, -0.25) is 9.98 Å². The molecule has 1 aromatic rings. The number of aromatic nitrogens is 1. The molecule has 0 amide bonds. The maximum absolute atomic E-state index is 10.5. The summed E-state index contributed by atoms with van der Waals surface area (Å²) in [7, 11) is 1.53. The summed E-state index contributed by atoms with van der Waals surface area (Å²) in [5.74, 6) is -0.758. The van der Waals surface area contributed by atoms with Gasteiger partial charge in [-0.15, -0.1) is 6.58 Å². The molecule has 1 rings (SSSR count). The van der Waals surface area contributed by atoms with Crippen LogP contribution in [0.3, 0.4) is 0 Å². The number of carboxylic acids is 1. The maximum Gasteiger partial charge on any atom is 0.336 e. The van der Waals surface area contributed by atoms with E-state index >= 15 is 0 Å². The van der Waals surface area contributed by atoms with Crippen LogP contribution in [0.2, 0.25) is 0 Å². The van der Waals surface area contributed by atoms with Crippen LogP contribution in [0.15, 0.2) is 54.0 Å². The van der Waals surface area contributed by atoms with Crippen molar-refractivity contribution in [2.75, 3.05) is 7.05 Å². The van der Waals surface area contributed by atoms with Crippen molar-refractivity contribution in [1.82, 2.24) is 4.98 Å². The minimum absolute atomic E-state index is 0.183. The molecule has 0 saturated heterocycles. The Bertz CT molecular complexity index is 697. The van der Waals surface area contributed by atoms with Crippen molar-refractivity contribution < 1.29 is 14.3 Å². The van der Waals surface area contributed by atoms with E-state index in [0.29, 0.717) is 11.9 Å². The minimum Gasteiger partial charge on any atom is -0.478 e. The molecule has 0 aliphatic heterocycles. The zero-order valence-corrected chi connectivity index (χ0v) is 15.9. The number of carbonyl (C=O) groups is 1. The van der Waals surface area contributed by atoms with Gasteiger partial charge in [-0.1, -0.05) is 25.2 Å². The van der Waals surface area contributed by atoms with Crippen molar-refractivity contribution >= 4 is 12.2 Å². The molecule has 1 aromatic heterocycles. The molecule has 1 atom stereocenters. The van der Waals surface area contributed by atoms with Gasteiger partial charge < -0.3 is 5.11 Å². The van der Waals surface area contributed by atoms with Gasteiger partial charge in [0.15, 0.2) is 0 Å². The van der Waals surface area contributed by atoms with Gasteiger partial charge in [0.2, 0.25) is 0 Å². The fourth-order valence-corrected chi connectivity index (χ4v) is 1.55. The van der Waals surface area contributed by atoms with Crippen molar-refractivity contribution in [2.45, 2.75) is 33.6 Å². The third-order valence-corrected chi connectivity index (χ3v) is 2.99. The first-order valence-electron chi connectivity index (χ1n) is 7.85. The molecule has 0 saturated carbocycles. The van der Waals surface area contributed by atoms with Crippen molar-refractivity contribution in [3.05, 3.63) is 65.8 Å². The number of nitriles is 1. The van der Waals surface area contributed by atoms with Gasteiger partial charge in [0.1, 0.15) is 0 Å². The molecule has 5 nitrogen and oxygen atoms in total. The number of halogens is 1. The lowest BCUT2D eigenvalue weighted by Crippen LogP contribution is -2.00. The highest BCUT2D eigenvalue weighted by atomic mass is 19.1. The zero-order valence-electron chi connectivity index (χ0n) is 15.9. The maximum atomic E-state index is 10.5. The third-order valence-electron chi connectivity index (χ3n) is 2.99. The van der Waals surface area contributed by atoms with E-state index < -0.39 is 5.97 Å². The summed E-state index contributed by atoms with van der Waals surface area (Å²) in [4.78, 5) is 17.9. The van der Waals surface area contributed by atoms with E-state index in [9.17, 15) is 9.18 Å². The number of aryl methyl sites for hydroxylation is 1. The van der Waals surface area contributed by atoms with Crippen LogP contribution >= 0.6 is 0 Å². The Labute approximate surface area is 154 Å². The summed E-state index contributed by atoms with van der Waals surface area (Å²) >= 11 is 0. The van der Waals surface area contributed by atoms with Crippen molar-refractivity contribution in [3.63, 3.8) is 0 Å². The number of allylic oxidation sites excluding steroid dienone is 3. The van der Waals surface area contributed by atoms with Gasteiger partial charge in [0, 0.05) is 31.1 Å². The van der Waals surface area contributed by atoms with Crippen LogP contribution in [-0.4, -0.2) is 29.3 Å².